The zero-order valence-electron chi connectivity index (χ0n) is 41.8. The van der Waals surface area contributed by atoms with Gasteiger partial charge in [0, 0.05) is 31.6 Å². The molecule has 0 spiro atoms. The number of aliphatic hydroxyl groups is 1. The molecule has 7 rings (SSSR count). The van der Waals surface area contributed by atoms with Gasteiger partial charge in [0.05, 0.1) is 71.5 Å². The van der Waals surface area contributed by atoms with Crippen molar-refractivity contribution < 1.29 is 51.7 Å². The summed E-state index contributed by atoms with van der Waals surface area (Å²) in [6, 6.07) is 25.2. The molecule has 5 aromatic rings. The standard InChI is InChI=1S/C54H58F3N7O8S2/c1-33-46(74-32-60-33)37-9-7-34(8-10-37)30-59-48(67)44-28-41(65)31-62(44)49(68)47(52(2,3)4)61-45(66)21-22-70-23-24-71-25-26-72-42-19-14-36(15-20-42)35-11-16-39(17-12-35)64-51(73)63(50(69)53(64,5)6)40-18-13-38(29-58)43(27-40)54(55,56)57/h7-20,27,32,41,44,47,65H,21-26,28,30-31H2,1-6H3,(H,59,67)(H,61,66)/t41-,44+,47?/m1/s1. The number of alkyl halides is 3. The molecule has 20 heteroatoms. The number of carbonyl (C=O) groups excluding carboxylic acids is 4. The number of β-amino-alcohol motifs (C(OH)–C–C–N with tert-alkyl or cyclic N) is 1. The molecule has 390 valence electrons. The SMILES string of the molecule is Cc1ncsc1-c1ccc(CNC(=O)[C@@H]2C[C@@H](O)CN2C(=O)C(NC(=O)CCOCCOCCOc2ccc(-c3ccc(N4C(=S)N(c5ccc(C#N)c(C(F)(F)F)c5)C(=O)C4(C)C)cc3)cc2)C(C)(C)C)cc1. The first-order valence-corrected chi connectivity index (χ1v) is 25.2. The summed E-state index contributed by atoms with van der Waals surface area (Å²) in [5.74, 6) is -1.14. The van der Waals surface area contributed by atoms with Crippen LogP contribution in [0, 0.1) is 23.7 Å². The van der Waals surface area contributed by atoms with Crippen LogP contribution in [0.15, 0.2) is 96.5 Å². The van der Waals surface area contributed by atoms with Crippen molar-refractivity contribution in [2.24, 2.45) is 5.41 Å². The van der Waals surface area contributed by atoms with Gasteiger partial charge in [0.15, 0.2) is 5.11 Å². The van der Waals surface area contributed by atoms with Crippen LogP contribution in [-0.2, 0) is 41.4 Å². The van der Waals surface area contributed by atoms with Crippen LogP contribution >= 0.6 is 23.6 Å². The number of hydrogen-bond acceptors (Lipinski definition) is 12. The smallest absolute Gasteiger partial charge is 0.417 e. The number of rotatable bonds is 19. The molecule has 0 aliphatic carbocycles. The van der Waals surface area contributed by atoms with Gasteiger partial charge >= 0.3 is 6.18 Å². The third-order valence-electron chi connectivity index (χ3n) is 12.7. The molecule has 2 saturated heterocycles. The summed E-state index contributed by atoms with van der Waals surface area (Å²) < 4.78 is 58.4. The number of thiocarbonyl (C=S) groups is 1. The van der Waals surface area contributed by atoms with E-state index in [1.807, 2.05) is 88.4 Å². The largest absolute Gasteiger partial charge is 0.491 e. The van der Waals surface area contributed by atoms with Crippen LogP contribution in [0.1, 0.15) is 69.8 Å². The van der Waals surface area contributed by atoms with E-state index < -0.39 is 64.2 Å². The van der Waals surface area contributed by atoms with Crippen LogP contribution in [0.4, 0.5) is 24.5 Å². The first-order chi connectivity index (χ1) is 35.1. The highest BCUT2D eigenvalue weighted by molar-refractivity contribution is 7.81. The number of hydrogen-bond donors (Lipinski definition) is 3. The van der Waals surface area contributed by atoms with E-state index in [1.165, 1.54) is 11.0 Å². The molecule has 15 nitrogen and oxygen atoms in total. The molecule has 1 aromatic heterocycles. The van der Waals surface area contributed by atoms with Crippen molar-refractivity contribution in [1.29, 1.82) is 5.26 Å². The van der Waals surface area contributed by atoms with Crippen molar-refractivity contribution in [3.05, 3.63) is 119 Å². The van der Waals surface area contributed by atoms with E-state index in [-0.39, 0.29) is 75.7 Å². The summed E-state index contributed by atoms with van der Waals surface area (Å²) in [6.07, 6.45) is -5.63. The number of ether oxygens (including phenoxy) is 3. The summed E-state index contributed by atoms with van der Waals surface area (Å²) in [5, 5.41) is 25.6. The lowest BCUT2D eigenvalue weighted by molar-refractivity contribution is -0.144. The van der Waals surface area contributed by atoms with Gasteiger partial charge in [-0.2, -0.15) is 18.4 Å². The van der Waals surface area contributed by atoms with Gasteiger partial charge in [0.25, 0.3) is 5.91 Å². The number of benzene rings is 4. The van der Waals surface area contributed by atoms with Gasteiger partial charge < -0.3 is 39.8 Å². The minimum absolute atomic E-state index is 0.00214. The third-order valence-corrected chi connectivity index (χ3v) is 14.1. The number of aryl methyl sites for hydroxylation is 1. The molecule has 0 saturated carbocycles. The maximum absolute atomic E-state index is 14.0. The highest BCUT2D eigenvalue weighted by Crippen LogP contribution is 2.40. The van der Waals surface area contributed by atoms with Crippen LogP contribution in [0.5, 0.6) is 5.75 Å². The Bertz CT molecular complexity index is 2880. The molecule has 4 aromatic carbocycles. The van der Waals surface area contributed by atoms with Gasteiger partial charge in [-0.15, -0.1) is 11.3 Å². The van der Waals surface area contributed by atoms with Crippen LogP contribution in [0.25, 0.3) is 21.6 Å². The molecule has 3 atom stereocenters. The van der Waals surface area contributed by atoms with Crippen LogP contribution in [-0.4, -0.2) is 107 Å². The minimum Gasteiger partial charge on any atom is -0.491 e. The normalized spacial score (nSPS) is 17.1. The average molecular weight is 1050 g/mol. The zero-order valence-corrected chi connectivity index (χ0v) is 43.5. The Hall–Kier alpha value is -6.76. The number of halogens is 3. The van der Waals surface area contributed by atoms with Gasteiger partial charge in [-0.05, 0) is 103 Å². The molecule has 2 fully saturated rings. The Morgan fingerprint density at radius 1 is 0.905 bits per heavy atom. The molecule has 3 heterocycles. The number of nitriles is 1. The number of thiazole rings is 1. The fraction of sp³-hybridized carbons (Fsp3) is 0.389. The molecule has 0 radical (unpaired) electrons. The Balaban J connectivity index is 0.807. The van der Waals surface area contributed by atoms with Crippen molar-refractivity contribution in [3.63, 3.8) is 0 Å². The summed E-state index contributed by atoms with van der Waals surface area (Å²) in [4.78, 5) is 63.5. The predicted molar refractivity (Wildman–Crippen MR) is 278 cm³/mol. The topological polar surface area (TPSA) is 187 Å². The second-order valence-electron chi connectivity index (χ2n) is 19.5. The van der Waals surface area contributed by atoms with Gasteiger partial charge in [-0.3, -0.25) is 24.1 Å². The van der Waals surface area contributed by atoms with E-state index in [4.69, 9.17) is 26.4 Å². The predicted octanol–water partition coefficient (Wildman–Crippen LogP) is 8.20. The molecule has 1 unspecified atom stereocenters. The van der Waals surface area contributed by atoms with Gasteiger partial charge in [-0.1, -0.05) is 69.3 Å². The summed E-state index contributed by atoms with van der Waals surface area (Å²) in [5.41, 5.74) is 3.23. The molecule has 2 aliphatic heterocycles. The van der Waals surface area contributed by atoms with E-state index in [2.05, 4.69) is 15.6 Å². The Morgan fingerprint density at radius 3 is 2.12 bits per heavy atom. The zero-order chi connectivity index (χ0) is 53.5. The lowest BCUT2D eigenvalue weighted by atomic mass is 9.85. The number of amides is 4. The lowest BCUT2D eigenvalue weighted by Gasteiger charge is -2.35. The van der Waals surface area contributed by atoms with E-state index in [0.29, 0.717) is 11.4 Å². The van der Waals surface area contributed by atoms with Crippen molar-refractivity contribution in [1.82, 2.24) is 20.5 Å². The lowest BCUT2D eigenvalue weighted by Crippen LogP contribution is -2.57. The van der Waals surface area contributed by atoms with Crippen molar-refractivity contribution in [2.45, 2.75) is 90.8 Å². The van der Waals surface area contributed by atoms with E-state index in [9.17, 15) is 42.7 Å². The number of nitrogens with zero attached hydrogens (tertiary/aromatic N) is 5. The van der Waals surface area contributed by atoms with Gasteiger partial charge in [0.1, 0.15) is 30.0 Å². The highest BCUT2D eigenvalue weighted by atomic mass is 32.1. The Kier molecular flexibility index (Phi) is 17.2. The molecule has 74 heavy (non-hydrogen) atoms. The molecule has 2 aliphatic rings. The Labute approximate surface area is 437 Å². The molecular formula is C54H58F3N7O8S2. The van der Waals surface area contributed by atoms with Crippen molar-refractivity contribution in [2.75, 3.05) is 49.4 Å². The van der Waals surface area contributed by atoms with E-state index in [0.717, 1.165) is 49.9 Å². The first-order valence-electron chi connectivity index (χ1n) is 23.9. The molecule has 0 bridgehead atoms. The fourth-order valence-corrected chi connectivity index (χ4v) is 10.1. The third kappa shape index (κ3) is 12.8. The summed E-state index contributed by atoms with van der Waals surface area (Å²) in [7, 11) is 0. The maximum Gasteiger partial charge on any atom is 0.417 e. The number of carbonyl (C=O) groups is 4. The fourth-order valence-electron chi connectivity index (χ4n) is 8.72. The molecule has 4 amide bonds. The van der Waals surface area contributed by atoms with Crippen molar-refractivity contribution in [3.8, 4) is 33.4 Å². The Morgan fingerprint density at radius 2 is 1.51 bits per heavy atom. The second kappa shape index (κ2) is 23.2. The number of anilines is 2. The molecular weight excluding hydrogens is 996 g/mol. The number of aliphatic hydroxyl groups excluding tert-OH is 1. The number of nitrogens with one attached hydrogen (secondary N) is 2. The minimum atomic E-state index is -4.80. The van der Waals surface area contributed by atoms with Crippen LogP contribution in [0.2, 0.25) is 0 Å². The van der Waals surface area contributed by atoms with Crippen molar-refractivity contribution >= 4 is 63.7 Å². The summed E-state index contributed by atoms with van der Waals surface area (Å²) >= 11 is 7.23. The second-order valence-corrected chi connectivity index (χ2v) is 20.7. The number of aromatic nitrogens is 1. The van der Waals surface area contributed by atoms with Crippen LogP contribution < -0.4 is 25.2 Å². The maximum atomic E-state index is 14.0. The first kappa shape index (κ1) is 55.0. The van der Waals surface area contributed by atoms with E-state index >= 15 is 0 Å². The highest BCUT2D eigenvalue weighted by Gasteiger charge is 2.51. The number of likely N-dealkylation sites (tertiary alicyclic amines) is 1. The van der Waals surface area contributed by atoms with E-state index in [1.54, 1.807) is 53.8 Å². The van der Waals surface area contributed by atoms with Crippen LogP contribution in [0.3, 0.4) is 0 Å². The van der Waals surface area contributed by atoms with Gasteiger partial charge in [-0.25, -0.2) is 4.98 Å². The average Bonchev–Trinajstić information content (AvgIpc) is 4.03. The molecule has 3 N–H and O–H groups in total. The monoisotopic (exact) mass is 1050 g/mol. The quantitative estimate of drug-likeness (QED) is 0.0533. The summed E-state index contributed by atoms with van der Waals surface area (Å²) in [6.45, 7) is 12.0. The van der Waals surface area contributed by atoms with Gasteiger partial charge in [0.2, 0.25) is 17.7 Å².